The fraction of sp³-hybridized carbons (Fsp3) is 0.381. The van der Waals surface area contributed by atoms with Gasteiger partial charge in [-0.3, -0.25) is 4.79 Å². The standard InChI is InChI=1S/C21H24NO4/c1-22(9-11-24-12-10-22)20(16-5-3-2-4-6-16)21(23)17-7-8-18-19(15-17)26-14-13-25-18/h2-8,15,20H,9-14H2,1H3/q+1. The number of Topliss-reactive ketones (excluding diaryl/α,β-unsaturated/α-hetero) is 1. The van der Waals surface area contributed by atoms with Gasteiger partial charge in [-0.05, 0) is 18.2 Å². The Labute approximate surface area is 153 Å². The van der Waals surface area contributed by atoms with Gasteiger partial charge in [-0.25, -0.2) is 0 Å². The van der Waals surface area contributed by atoms with Gasteiger partial charge in [-0.2, -0.15) is 0 Å². The van der Waals surface area contributed by atoms with Crippen molar-refractivity contribution in [3.8, 4) is 11.5 Å². The van der Waals surface area contributed by atoms with Gasteiger partial charge in [0.2, 0.25) is 5.78 Å². The summed E-state index contributed by atoms with van der Waals surface area (Å²) in [5.41, 5.74) is 1.70. The summed E-state index contributed by atoms with van der Waals surface area (Å²) in [5, 5.41) is 0. The molecule has 5 heteroatoms. The highest BCUT2D eigenvalue weighted by Gasteiger charge is 2.41. The van der Waals surface area contributed by atoms with Crippen LogP contribution in [0.25, 0.3) is 0 Å². The topological polar surface area (TPSA) is 44.8 Å². The first kappa shape index (κ1) is 17.1. The molecule has 0 N–H and O–H groups in total. The number of carbonyl (C=O) groups excluding carboxylic acids is 1. The van der Waals surface area contributed by atoms with E-state index in [0.29, 0.717) is 48.0 Å². The largest absolute Gasteiger partial charge is 0.486 e. The van der Waals surface area contributed by atoms with Crippen LogP contribution in [0, 0.1) is 0 Å². The molecule has 2 aromatic rings. The molecule has 2 aliphatic rings. The summed E-state index contributed by atoms with van der Waals surface area (Å²) in [5.74, 6) is 1.46. The molecular formula is C21H24NO4+. The highest BCUT2D eigenvalue weighted by atomic mass is 16.6. The van der Waals surface area contributed by atoms with Crippen LogP contribution in [0.2, 0.25) is 0 Å². The second-order valence-corrected chi connectivity index (χ2v) is 7.07. The van der Waals surface area contributed by atoms with Gasteiger partial charge in [0.05, 0.1) is 20.3 Å². The Bertz CT molecular complexity index is 784. The molecule has 1 unspecified atom stereocenters. The van der Waals surface area contributed by atoms with Gasteiger partial charge in [0.25, 0.3) is 0 Å². The molecule has 26 heavy (non-hydrogen) atoms. The summed E-state index contributed by atoms with van der Waals surface area (Å²) in [6.07, 6.45) is 0. The summed E-state index contributed by atoms with van der Waals surface area (Å²) < 4.78 is 17.4. The number of benzene rings is 2. The average molecular weight is 354 g/mol. The molecule has 0 spiro atoms. The van der Waals surface area contributed by atoms with Crippen LogP contribution in [-0.2, 0) is 4.74 Å². The molecule has 0 aromatic heterocycles. The second kappa shape index (κ2) is 7.09. The van der Waals surface area contributed by atoms with Crippen LogP contribution in [-0.4, -0.2) is 56.8 Å². The van der Waals surface area contributed by atoms with Gasteiger partial charge in [-0.1, -0.05) is 30.3 Å². The van der Waals surface area contributed by atoms with Crippen molar-refractivity contribution < 1.29 is 23.5 Å². The minimum atomic E-state index is -0.261. The Morgan fingerprint density at radius 2 is 1.62 bits per heavy atom. The fourth-order valence-corrected chi connectivity index (χ4v) is 3.80. The first-order valence-electron chi connectivity index (χ1n) is 9.08. The number of rotatable bonds is 4. The zero-order chi connectivity index (χ0) is 18.0. The maximum absolute atomic E-state index is 13.6. The van der Waals surface area contributed by atoms with Crippen molar-refractivity contribution in [3.63, 3.8) is 0 Å². The number of likely N-dealkylation sites (N-methyl/N-ethyl adjacent to an activating group) is 1. The lowest BCUT2D eigenvalue weighted by Gasteiger charge is -2.43. The Balaban J connectivity index is 1.72. The maximum Gasteiger partial charge on any atom is 0.224 e. The van der Waals surface area contributed by atoms with E-state index in [1.165, 1.54) is 0 Å². The van der Waals surface area contributed by atoms with Gasteiger partial charge in [0.1, 0.15) is 26.3 Å². The van der Waals surface area contributed by atoms with Crippen LogP contribution in [0.1, 0.15) is 22.0 Å². The highest BCUT2D eigenvalue weighted by molar-refractivity contribution is 6.00. The third-order valence-electron chi connectivity index (χ3n) is 5.31. The van der Waals surface area contributed by atoms with E-state index < -0.39 is 0 Å². The lowest BCUT2D eigenvalue weighted by molar-refractivity contribution is -0.936. The van der Waals surface area contributed by atoms with Crippen LogP contribution in [0.15, 0.2) is 48.5 Å². The van der Waals surface area contributed by atoms with E-state index >= 15 is 0 Å². The molecule has 0 radical (unpaired) electrons. The van der Waals surface area contributed by atoms with E-state index in [2.05, 4.69) is 7.05 Å². The molecule has 2 aromatic carbocycles. The Hall–Kier alpha value is -2.37. The molecule has 0 amide bonds. The lowest BCUT2D eigenvalue weighted by Crippen LogP contribution is -2.56. The minimum Gasteiger partial charge on any atom is -0.486 e. The number of hydrogen-bond donors (Lipinski definition) is 0. The molecule has 136 valence electrons. The summed E-state index contributed by atoms with van der Waals surface area (Å²) in [7, 11) is 2.15. The predicted molar refractivity (Wildman–Crippen MR) is 97.7 cm³/mol. The Morgan fingerprint density at radius 1 is 0.923 bits per heavy atom. The van der Waals surface area contributed by atoms with E-state index in [1.54, 1.807) is 0 Å². The summed E-state index contributed by atoms with van der Waals surface area (Å²) in [6.45, 7) is 4.04. The van der Waals surface area contributed by atoms with Crippen molar-refractivity contribution in [2.75, 3.05) is 46.6 Å². The second-order valence-electron chi connectivity index (χ2n) is 7.07. The van der Waals surface area contributed by atoms with Crippen molar-refractivity contribution in [3.05, 3.63) is 59.7 Å². The summed E-state index contributed by atoms with van der Waals surface area (Å²) in [6, 6.07) is 15.3. The van der Waals surface area contributed by atoms with Crippen molar-refractivity contribution >= 4 is 5.78 Å². The van der Waals surface area contributed by atoms with Crippen LogP contribution in [0.4, 0.5) is 0 Å². The van der Waals surface area contributed by atoms with Crippen molar-refractivity contribution in [1.82, 2.24) is 0 Å². The van der Waals surface area contributed by atoms with E-state index in [-0.39, 0.29) is 11.8 Å². The number of quaternary nitrogens is 1. The number of morpholine rings is 1. The van der Waals surface area contributed by atoms with E-state index in [9.17, 15) is 4.79 Å². The Kier molecular flexibility index (Phi) is 4.66. The maximum atomic E-state index is 13.6. The molecule has 1 fully saturated rings. The number of nitrogens with zero attached hydrogens (tertiary/aromatic N) is 1. The first-order valence-corrected chi connectivity index (χ1v) is 9.08. The smallest absolute Gasteiger partial charge is 0.224 e. The molecular weight excluding hydrogens is 330 g/mol. The molecule has 0 bridgehead atoms. The van der Waals surface area contributed by atoms with E-state index in [4.69, 9.17) is 14.2 Å². The molecule has 2 aliphatic heterocycles. The van der Waals surface area contributed by atoms with Crippen LogP contribution < -0.4 is 9.47 Å². The summed E-state index contributed by atoms with van der Waals surface area (Å²) >= 11 is 0. The van der Waals surface area contributed by atoms with Gasteiger partial charge >= 0.3 is 0 Å². The van der Waals surface area contributed by atoms with Gasteiger partial charge in [0, 0.05) is 11.1 Å². The monoisotopic (exact) mass is 354 g/mol. The highest BCUT2D eigenvalue weighted by Crippen LogP contribution is 2.35. The van der Waals surface area contributed by atoms with E-state index in [0.717, 1.165) is 18.7 Å². The van der Waals surface area contributed by atoms with Crippen molar-refractivity contribution in [1.29, 1.82) is 0 Å². The molecule has 4 rings (SSSR count). The van der Waals surface area contributed by atoms with Crippen molar-refractivity contribution in [2.24, 2.45) is 0 Å². The van der Waals surface area contributed by atoms with Crippen LogP contribution in [0.3, 0.4) is 0 Å². The molecule has 0 saturated carbocycles. The van der Waals surface area contributed by atoms with Crippen LogP contribution in [0.5, 0.6) is 11.5 Å². The average Bonchev–Trinajstić information content (AvgIpc) is 2.69. The minimum absolute atomic E-state index is 0.109. The lowest BCUT2D eigenvalue weighted by atomic mass is 9.93. The SMILES string of the molecule is C[N+]1(C(C(=O)c2ccc3c(c2)OCCO3)c2ccccc2)CCOCC1. The molecule has 0 aliphatic carbocycles. The zero-order valence-electron chi connectivity index (χ0n) is 15.0. The van der Waals surface area contributed by atoms with Gasteiger partial charge in [0.15, 0.2) is 17.5 Å². The van der Waals surface area contributed by atoms with E-state index in [1.807, 2.05) is 48.5 Å². The fourth-order valence-electron chi connectivity index (χ4n) is 3.80. The number of fused-ring (bicyclic) bond motifs is 1. The quantitative estimate of drug-likeness (QED) is 0.626. The molecule has 1 atom stereocenters. The molecule has 5 nitrogen and oxygen atoms in total. The predicted octanol–water partition coefficient (Wildman–Crippen LogP) is 2.86. The Morgan fingerprint density at radius 3 is 2.35 bits per heavy atom. The number of ketones is 1. The number of hydrogen-bond acceptors (Lipinski definition) is 4. The summed E-state index contributed by atoms with van der Waals surface area (Å²) in [4.78, 5) is 13.6. The number of ether oxygens (including phenoxy) is 3. The first-order chi connectivity index (χ1) is 12.7. The third kappa shape index (κ3) is 3.20. The molecule has 2 heterocycles. The van der Waals surface area contributed by atoms with Gasteiger partial charge in [-0.15, -0.1) is 0 Å². The zero-order valence-corrected chi connectivity index (χ0v) is 15.0. The van der Waals surface area contributed by atoms with Gasteiger partial charge < -0.3 is 18.7 Å². The van der Waals surface area contributed by atoms with Crippen molar-refractivity contribution in [2.45, 2.75) is 6.04 Å². The van der Waals surface area contributed by atoms with Crippen LogP contribution >= 0.6 is 0 Å². The number of carbonyl (C=O) groups is 1. The normalized spacial score (nSPS) is 19.6. The molecule has 1 saturated heterocycles. The third-order valence-corrected chi connectivity index (χ3v) is 5.31.